The number of amides is 1. The molecule has 2 aliphatic heterocycles. The second kappa shape index (κ2) is 5.35. The van der Waals surface area contributed by atoms with Crippen LogP contribution in [0.15, 0.2) is 48.5 Å². The van der Waals surface area contributed by atoms with Crippen molar-refractivity contribution in [1.29, 1.82) is 0 Å². The summed E-state index contributed by atoms with van der Waals surface area (Å²) in [6.07, 6.45) is 0. The zero-order valence-electron chi connectivity index (χ0n) is 13.4. The quantitative estimate of drug-likeness (QED) is 0.913. The summed E-state index contributed by atoms with van der Waals surface area (Å²) < 4.78 is 5.97. The Hall–Kier alpha value is -2.33. The van der Waals surface area contributed by atoms with Crippen molar-refractivity contribution in [3.05, 3.63) is 59.7 Å². The lowest BCUT2D eigenvalue weighted by molar-refractivity contribution is -0.121. The molecule has 3 aliphatic rings. The number of piperidine rings is 1. The Morgan fingerprint density at radius 3 is 2.21 bits per heavy atom. The summed E-state index contributed by atoms with van der Waals surface area (Å²) in [5.41, 5.74) is 1.90. The van der Waals surface area contributed by atoms with Gasteiger partial charge in [-0.1, -0.05) is 36.4 Å². The van der Waals surface area contributed by atoms with Crippen molar-refractivity contribution >= 4 is 5.91 Å². The number of fused-ring (bicyclic) bond motifs is 3. The van der Waals surface area contributed by atoms with Crippen LogP contribution in [0.3, 0.4) is 0 Å². The highest BCUT2D eigenvalue weighted by Gasteiger charge is 2.52. The number of hydrogen-bond donors (Lipinski definition) is 2. The first-order valence-electron chi connectivity index (χ1n) is 8.67. The molecular weight excluding hydrogens is 300 g/mol. The molecule has 4 nitrogen and oxygen atoms in total. The van der Waals surface area contributed by atoms with E-state index in [2.05, 4.69) is 10.6 Å². The Labute approximate surface area is 141 Å². The fourth-order valence-electron chi connectivity index (χ4n) is 4.36. The molecule has 122 valence electrons. The minimum atomic E-state index is -0.289. The predicted octanol–water partition coefficient (Wildman–Crippen LogP) is 2.51. The van der Waals surface area contributed by atoms with Gasteiger partial charge in [-0.05, 0) is 43.0 Å². The lowest BCUT2D eigenvalue weighted by Gasteiger charge is -2.27. The van der Waals surface area contributed by atoms with Gasteiger partial charge in [0.05, 0.1) is 5.92 Å². The Bertz CT molecular complexity index is 748. The topological polar surface area (TPSA) is 50.4 Å². The minimum absolute atomic E-state index is 0.0798. The van der Waals surface area contributed by atoms with Crippen LogP contribution in [0.1, 0.15) is 17.0 Å². The second-order valence-electron chi connectivity index (χ2n) is 7.01. The number of rotatable bonds is 3. The molecule has 0 radical (unpaired) electrons. The summed E-state index contributed by atoms with van der Waals surface area (Å²) in [4.78, 5) is 13.0. The predicted molar refractivity (Wildman–Crippen MR) is 91.2 cm³/mol. The van der Waals surface area contributed by atoms with Gasteiger partial charge in [0.15, 0.2) is 0 Å². The molecule has 2 aromatic carbocycles. The molecule has 2 heterocycles. The molecule has 0 bridgehead atoms. The van der Waals surface area contributed by atoms with Crippen LogP contribution in [0.5, 0.6) is 11.5 Å². The Morgan fingerprint density at radius 2 is 1.58 bits per heavy atom. The summed E-state index contributed by atoms with van der Waals surface area (Å²) in [5.74, 6) is 3.53. The van der Waals surface area contributed by atoms with Crippen molar-refractivity contribution in [3.63, 3.8) is 0 Å². The van der Waals surface area contributed by atoms with Crippen LogP contribution in [-0.4, -0.2) is 25.5 Å². The molecule has 5 rings (SSSR count). The summed E-state index contributed by atoms with van der Waals surface area (Å²) in [7, 11) is 0. The van der Waals surface area contributed by atoms with E-state index in [1.165, 1.54) is 0 Å². The Morgan fingerprint density at radius 1 is 1.00 bits per heavy atom. The molecular formula is C20H20N2O2. The van der Waals surface area contributed by atoms with E-state index in [1.807, 2.05) is 48.5 Å². The molecule has 2 aromatic rings. The van der Waals surface area contributed by atoms with Crippen LogP contribution in [0, 0.1) is 17.8 Å². The first kappa shape index (κ1) is 14.1. The Balaban J connectivity index is 1.41. The summed E-state index contributed by atoms with van der Waals surface area (Å²) >= 11 is 0. The highest BCUT2D eigenvalue weighted by molar-refractivity contribution is 5.89. The van der Waals surface area contributed by atoms with Crippen molar-refractivity contribution in [3.8, 4) is 11.5 Å². The monoisotopic (exact) mass is 320 g/mol. The minimum Gasteiger partial charge on any atom is -0.457 e. The van der Waals surface area contributed by atoms with E-state index in [1.54, 1.807) is 0 Å². The third kappa shape index (κ3) is 2.13. The van der Waals surface area contributed by atoms with Crippen molar-refractivity contribution in [1.82, 2.24) is 10.6 Å². The average molecular weight is 320 g/mol. The number of nitrogens with one attached hydrogen (secondary N) is 2. The third-order valence-corrected chi connectivity index (χ3v) is 5.72. The van der Waals surface area contributed by atoms with E-state index in [-0.39, 0.29) is 11.8 Å². The largest absolute Gasteiger partial charge is 0.457 e. The summed E-state index contributed by atoms with van der Waals surface area (Å²) in [5, 5.41) is 6.60. The standard InChI is InChI=1S/C20H20N2O2/c23-20(22-11-16-14-9-21-10-15(14)16)19-12-5-1-3-7-17(12)24-18-8-4-2-6-13(18)19/h1-8,14-16,19,21H,9-11H2,(H,22,23)/t14-,15+,16+. The highest BCUT2D eigenvalue weighted by Crippen LogP contribution is 2.48. The van der Waals surface area contributed by atoms with E-state index in [9.17, 15) is 4.79 Å². The number of hydrogen-bond acceptors (Lipinski definition) is 3. The second-order valence-corrected chi connectivity index (χ2v) is 7.01. The van der Waals surface area contributed by atoms with Crippen LogP contribution in [0.4, 0.5) is 0 Å². The molecule has 0 spiro atoms. The van der Waals surface area contributed by atoms with Gasteiger partial charge in [-0.15, -0.1) is 0 Å². The van der Waals surface area contributed by atoms with Crippen LogP contribution in [0.2, 0.25) is 0 Å². The van der Waals surface area contributed by atoms with Gasteiger partial charge < -0.3 is 15.4 Å². The van der Waals surface area contributed by atoms with E-state index in [0.717, 1.165) is 54.1 Å². The molecule has 0 unspecified atom stereocenters. The van der Waals surface area contributed by atoms with E-state index >= 15 is 0 Å². The van der Waals surface area contributed by atoms with Crippen LogP contribution < -0.4 is 15.4 Å². The van der Waals surface area contributed by atoms with Gasteiger partial charge >= 0.3 is 0 Å². The molecule has 1 saturated heterocycles. The molecule has 0 aromatic heterocycles. The van der Waals surface area contributed by atoms with E-state index < -0.39 is 0 Å². The number of ether oxygens (including phenoxy) is 1. The van der Waals surface area contributed by atoms with Crippen LogP contribution >= 0.6 is 0 Å². The maximum atomic E-state index is 13.0. The smallest absolute Gasteiger partial charge is 0.232 e. The van der Waals surface area contributed by atoms with E-state index in [4.69, 9.17) is 4.74 Å². The number of benzene rings is 2. The van der Waals surface area contributed by atoms with Gasteiger partial charge in [-0.3, -0.25) is 4.79 Å². The van der Waals surface area contributed by atoms with Gasteiger partial charge in [-0.25, -0.2) is 0 Å². The number of para-hydroxylation sites is 2. The van der Waals surface area contributed by atoms with Crippen molar-refractivity contribution in [2.45, 2.75) is 5.92 Å². The lowest BCUT2D eigenvalue weighted by atomic mass is 9.87. The fourth-order valence-corrected chi connectivity index (χ4v) is 4.36. The van der Waals surface area contributed by atoms with Gasteiger partial charge in [0.1, 0.15) is 11.5 Å². The number of carbonyl (C=O) groups is 1. The molecule has 24 heavy (non-hydrogen) atoms. The average Bonchev–Trinajstić information content (AvgIpc) is 3.04. The van der Waals surface area contributed by atoms with Crippen LogP contribution in [0.25, 0.3) is 0 Å². The first-order valence-corrected chi connectivity index (χ1v) is 8.67. The van der Waals surface area contributed by atoms with Crippen molar-refractivity contribution in [2.75, 3.05) is 19.6 Å². The fraction of sp³-hybridized carbons (Fsp3) is 0.350. The van der Waals surface area contributed by atoms with Crippen LogP contribution in [-0.2, 0) is 4.79 Å². The normalized spacial score (nSPS) is 26.8. The van der Waals surface area contributed by atoms with Crippen molar-refractivity contribution in [2.24, 2.45) is 17.8 Å². The van der Waals surface area contributed by atoms with E-state index in [0.29, 0.717) is 5.92 Å². The maximum absolute atomic E-state index is 13.0. The molecule has 4 heteroatoms. The lowest BCUT2D eigenvalue weighted by Crippen LogP contribution is -2.34. The maximum Gasteiger partial charge on any atom is 0.232 e. The highest BCUT2D eigenvalue weighted by atomic mass is 16.5. The first-order chi connectivity index (χ1) is 11.8. The third-order valence-electron chi connectivity index (χ3n) is 5.72. The number of carbonyl (C=O) groups excluding carboxylic acids is 1. The molecule has 1 aliphatic carbocycles. The molecule has 2 N–H and O–H groups in total. The Kier molecular flexibility index (Phi) is 3.13. The van der Waals surface area contributed by atoms with Gasteiger partial charge in [0.25, 0.3) is 0 Å². The van der Waals surface area contributed by atoms with Crippen molar-refractivity contribution < 1.29 is 9.53 Å². The SMILES string of the molecule is O=C(NC[C@H]1[C@@H]2CNC[C@@H]21)C1c2ccccc2Oc2ccccc21. The zero-order chi connectivity index (χ0) is 16.1. The molecule has 3 atom stereocenters. The molecule has 1 amide bonds. The van der Waals surface area contributed by atoms with Gasteiger partial charge in [0.2, 0.25) is 5.91 Å². The van der Waals surface area contributed by atoms with Gasteiger partial charge in [-0.2, -0.15) is 0 Å². The summed E-state index contributed by atoms with van der Waals surface area (Å²) in [6.45, 7) is 3.00. The molecule has 2 fully saturated rings. The molecule has 1 saturated carbocycles. The summed E-state index contributed by atoms with van der Waals surface area (Å²) in [6, 6.07) is 15.7. The van der Waals surface area contributed by atoms with Gasteiger partial charge in [0, 0.05) is 17.7 Å². The zero-order valence-corrected chi connectivity index (χ0v) is 13.4.